The number of aromatic amines is 1. The molecule has 0 bridgehead atoms. The number of anilines is 3. The zero-order chi connectivity index (χ0) is 19.1. The van der Waals surface area contributed by atoms with Crippen LogP contribution in [0.15, 0.2) is 47.4 Å². The van der Waals surface area contributed by atoms with E-state index in [0.717, 1.165) is 16.9 Å². The van der Waals surface area contributed by atoms with Gasteiger partial charge in [0.25, 0.3) is 5.91 Å². The molecular weight excluding hydrogens is 360 g/mol. The lowest BCUT2D eigenvalue weighted by Gasteiger charge is -2.28. The fraction of sp³-hybridized carbons (Fsp3) is 0.158. The van der Waals surface area contributed by atoms with Gasteiger partial charge in [-0.2, -0.15) is 5.10 Å². The van der Waals surface area contributed by atoms with E-state index in [1.807, 2.05) is 25.1 Å². The van der Waals surface area contributed by atoms with E-state index in [1.54, 1.807) is 29.7 Å². The van der Waals surface area contributed by atoms with Crippen molar-refractivity contribution in [3.63, 3.8) is 0 Å². The third-order valence-electron chi connectivity index (χ3n) is 4.56. The molecule has 9 heteroatoms. The molecule has 140 valence electrons. The summed E-state index contributed by atoms with van der Waals surface area (Å²) < 4.78 is 10.7. The second kappa shape index (κ2) is 6.38. The molecule has 0 spiro atoms. The minimum absolute atomic E-state index is 0.0579. The number of H-pyrrole nitrogens is 1. The highest BCUT2D eigenvalue weighted by molar-refractivity contribution is 5.98. The number of hydrogen-bond acceptors (Lipinski definition) is 7. The molecule has 5 rings (SSSR count). The van der Waals surface area contributed by atoms with Crippen LogP contribution in [0.25, 0.3) is 22.4 Å². The average Bonchev–Trinajstić information content (AvgIpc) is 3.39. The van der Waals surface area contributed by atoms with Crippen LogP contribution in [-0.4, -0.2) is 39.2 Å². The molecular formula is C19H16N6O3. The summed E-state index contributed by atoms with van der Waals surface area (Å²) in [6.07, 6.45) is 4.81. The van der Waals surface area contributed by atoms with E-state index >= 15 is 0 Å². The van der Waals surface area contributed by atoms with Gasteiger partial charge >= 0.3 is 0 Å². The van der Waals surface area contributed by atoms with E-state index in [4.69, 9.17) is 9.15 Å². The Morgan fingerprint density at radius 1 is 1.29 bits per heavy atom. The van der Waals surface area contributed by atoms with E-state index < -0.39 is 0 Å². The average molecular weight is 376 g/mol. The molecule has 2 N–H and O–H groups in total. The summed E-state index contributed by atoms with van der Waals surface area (Å²) in [6, 6.07) is 7.39. The minimum Gasteiger partial charge on any atom is -0.482 e. The molecule has 0 radical (unpaired) electrons. The third-order valence-corrected chi connectivity index (χ3v) is 4.56. The summed E-state index contributed by atoms with van der Waals surface area (Å²) in [4.78, 5) is 22.9. The summed E-state index contributed by atoms with van der Waals surface area (Å²) in [5.74, 6) is 1.72. The van der Waals surface area contributed by atoms with Crippen LogP contribution in [0.2, 0.25) is 0 Å². The molecule has 1 aliphatic heterocycles. The number of hydrogen-bond donors (Lipinski definition) is 2. The van der Waals surface area contributed by atoms with Crippen LogP contribution in [0.4, 0.5) is 17.2 Å². The van der Waals surface area contributed by atoms with E-state index in [9.17, 15) is 4.79 Å². The Bertz CT molecular complexity index is 1170. The van der Waals surface area contributed by atoms with Crippen LogP contribution >= 0.6 is 0 Å². The van der Waals surface area contributed by atoms with Gasteiger partial charge in [0.05, 0.1) is 23.7 Å². The van der Waals surface area contributed by atoms with Crippen LogP contribution in [0, 0.1) is 0 Å². The monoisotopic (exact) mass is 376 g/mol. The van der Waals surface area contributed by atoms with Gasteiger partial charge in [0.1, 0.15) is 23.0 Å². The number of nitrogens with one attached hydrogen (secondary N) is 2. The van der Waals surface area contributed by atoms with Gasteiger partial charge in [-0.3, -0.25) is 9.89 Å². The van der Waals surface area contributed by atoms with E-state index in [1.165, 1.54) is 0 Å². The van der Waals surface area contributed by atoms with Crippen molar-refractivity contribution >= 4 is 34.1 Å². The van der Waals surface area contributed by atoms with Gasteiger partial charge in [-0.15, -0.1) is 0 Å². The van der Waals surface area contributed by atoms with Crippen LogP contribution in [0.3, 0.4) is 0 Å². The highest BCUT2D eigenvalue weighted by atomic mass is 16.5. The van der Waals surface area contributed by atoms with E-state index in [0.29, 0.717) is 35.0 Å². The van der Waals surface area contributed by atoms with Gasteiger partial charge in [0.15, 0.2) is 18.2 Å². The lowest BCUT2D eigenvalue weighted by atomic mass is 10.2. The second-order valence-electron chi connectivity index (χ2n) is 6.27. The van der Waals surface area contributed by atoms with Crippen molar-refractivity contribution in [2.24, 2.45) is 0 Å². The predicted molar refractivity (Wildman–Crippen MR) is 103 cm³/mol. The number of benzene rings is 1. The van der Waals surface area contributed by atoms with Crippen molar-refractivity contribution in [1.82, 2.24) is 20.2 Å². The lowest BCUT2D eigenvalue weighted by molar-refractivity contribution is -0.121. The van der Waals surface area contributed by atoms with Crippen molar-refractivity contribution < 1.29 is 13.9 Å². The Morgan fingerprint density at radius 2 is 2.21 bits per heavy atom. The molecule has 0 fully saturated rings. The molecule has 0 aliphatic carbocycles. The Morgan fingerprint density at radius 3 is 3.04 bits per heavy atom. The SMILES string of the molecule is CCN1C(=O)COc2ccc(Nc3nc(-c4ccoc4)nc4cn[nH]c34)cc21. The lowest BCUT2D eigenvalue weighted by Crippen LogP contribution is -2.38. The zero-order valence-electron chi connectivity index (χ0n) is 15.0. The molecule has 9 nitrogen and oxygen atoms in total. The normalized spacial score (nSPS) is 13.5. The molecule has 1 aliphatic rings. The number of amides is 1. The van der Waals surface area contributed by atoms with Crippen LogP contribution in [0.5, 0.6) is 5.75 Å². The largest absolute Gasteiger partial charge is 0.482 e. The summed E-state index contributed by atoms with van der Waals surface area (Å²) in [5, 5.41) is 10.3. The predicted octanol–water partition coefficient (Wildman–Crippen LogP) is 3.10. The molecule has 1 amide bonds. The molecule has 0 saturated heterocycles. The molecule has 0 atom stereocenters. The van der Waals surface area contributed by atoms with Crippen molar-refractivity contribution in [3.05, 3.63) is 43.0 Å². The van der Waals surface area contributed by atoms with E-state index in [2.05, 4.69) is 25.5 Å². The van der Waals surface area contributed by atoms with Crippen molar-refractivity contribution in [1.29, 1.82) is 0 Å². The second-order valence-corrected chi connectivity index (χ2v) is 6.27. The van der Waals surface area contributed by atoms with Crippen LogP contribution in [-0.2, 0) is 4.79 Å². The Kier molecular flexibility index (Phi) is 3.71. The quantitative estimate of drug-likeness (QED) is 0.563. The summed E-state index contributed by atoms with van der Waals surface area (Å²) in [5.41, 5.74) is 3.63. The third kappa shape index (κ3) is 2.64. The maximum absolute atomic E-state index is 12.1. The topological polar surface area (TPSA) is 109 Å². The first kappa shape index (κ1) is 16.3. The Balaban J connectivity index is 1.56. The molecule has 4 aromatic rings. The molecule has 0 unspecified atom stereocenters. The van der Waals surface area contributed by atoms with Gasteiger partial charge in [-0.25, -0.2) is 9.97 Å². The van der Waals surface area contributed by atoms with Gasteiger partial charge in [0, 0.05) is 12.2 Å². The minimum atomic E-state index is -0.0626. The molecule has 1 aromatic carbocycles. The van der Waals surface area contributed by atoms with Crippen molar-refractivity contribution in [2.75, 3.05) is 23.4 Å². The standard InChI is InChI=1S/C19H16N6O3/c1-2-25-14-7-12(3-4-15(14)28-10-16(25)26)21-19-17-13(8-20-24-17)22-18(23-19)11-5-6-27-9-11/h3-9H,2,10H2,1H3,(H,20,24)(H,21,22,23). The number of rotatable bonds is 4. The number of carbonyl (C=O) groups is 1. The Hall–Kier alpha value is -3.88. The number of furan rings is 1. The first-order valence-electron chi connectivity index (χ1n) is 8.81. The van der Waals surface area contributed by atoms with Gasteiger partial charge < -0.3 is 19.4 Å². The highest BCUT2D eigenvalue weighted by Gasteiger charge is 2.24. The van der Waals surface area contributed by atoms with Crippen LogP contribution < -0.4 is 15.0 Å². The fourth-order valence-corrected chi connectivity index (χ4v) is 3.21. The molecule has 28 heavy (non-hydrogen) atoms. The number of nitrogens with zero attached hydrogens (tertiary/aromatic N) is 4. The van der Waals surface area contributed by atoms with Crippen molar-refractivity contribution in [3.8, 4) is 17.1 Å². The maximum Gasteiger partial charge on any atom is 0.265 e. The van der Waals surface area contributed by atoms with Gasteiger partial charge in [0.2, 0.25) is 0 Å². The zero-order valence-corrected chi connectivity index (χ0v) is 15.0. The summed E-state index contributed by atoms with van der Waals surface area (Å²) in [7, 11) is 0. The number of fused-ring (bicyclic) bond motifs is 2. The number of aromatic nitrogens is 4. The first-order valence-corrected chi connectivity index (χ1v) is 8.81. The maximum atomic E-state index is 12.1. The van der Waals surface area contributed by atoms with Crippen LogP contribution in [0.1, 0.15) is 6.92 Å². The number of ether oxygens (including phenoxy) is 1. The van der Waals surface area contributed by atoms with Gasteiger partial charge in [-0.1, -0.05) is 0 Å². The summed E-state index contributed by atoms with van der Waals surface area (Å²) in [6.45, 7) is 2.56. The van der Waals surface area contributed by atoms with E-state index in [-0.39, 0.29) is 12.5 Å². The smallest absolute Gasteiger partial charge is 0.265 e. The number of carbonyl (C=O) groups excluding carboxylic acids is 1. The van der Waals surface area contributed by atoms with Crippen molar-refractivity contribution in [2.45, 2.75) is 6.92 Å². The summed E-state index contributed by atoms with van der Waals surface area (Å²) >= 11 is 0. The molecule has 4 heterocycles. The van der Waals surface area contributed by atoms with Gasteiger partial charge in [-0.05, 0) is 31.2 Å². The molecule has 3 aromatic heterocycles. The molecule has 0 saturated carbocycles. The fourth-order valence-electron chi connectivity index (χ4n) is 3.21. The first-order chi connectivity index (χ1) is 13.7. The number of likely N-dealkylation sites (N-methyl/N-ethyl adjacent to an activating group) is 1. The Labute approximate surface area is 159 Å². The highest BCUT2D eigenvalue weighted by Crippen LogP contribution is 2.36.